The number of halogens is 3. The monoisotopic (exact) mass is 331 g/mol. The molecule has 0 spiro atoms. The molecular weight excluding hydrogens is 325 g/mol. The molecule has 2 rings (SSSR count). The molecule has 0 aliphatic carbocycles. The van der Waals surface area contributed by atoms with Crippen molar-refractivity contribution in [1.82, 2.24) is 4.98 Å². The van der Waals surface area contributed by atoms with Crippen molar-refractivity contribution in [1.29, 1.82) is 0 Å². The highest BCUT2D eigenvalue weighted by Gasteiger charge is 2.03. The number of pyridine rings is 1. The molecule has 1 aromatic carbocycles. The fourth-order valence-electron chi connectivity index (χ4n) is 1.27. The summed E-state index contributed by atoms with van der Waals surface area (Å²) in [5, 5.41) is 1.08. The lowest BCUT2D eigenvalue weighted by Crippen LogP contribution is -1.98. The second-order valence-corrected chi connectivity index (χ2v) is 4.97. The second kappa shape index (κ2) is 5.71. The summed E-state index contributed by atoms with van der Waals surface area (Å²) in [6.07, 6.45) is 0. The summed E-state index contributed by atoms with van der Waals surface area (Å²) in [5.74, 6) is 0.595. The highest BCUT2D eigenvalue weighted by atomic mass is 79.9. The van der Waals surface area contributed by atoms with E-state index in [2.05, 4.69) is 20.9 Å². The first kappa shape index (κ1) is 12.7. The zero-order chi connectivity index (χ0) is 12.3. The molecule has 1 heterocycles. The molecule has 0 unspecified atom stereocenters. The van der Waals surface area contributed by atoms with E-state index in [1.54, 1.807) is 18.2 Å². The molecule has 5 heteroatoms. The van der Waals surface area contributed by atoms with E-state index >= 15 is 0 Å². The number of rotatable bonds is 3. The van der Waals surface area contributed by atoms with Crippen molar-refractivity contribution in [2.75, 3.05) is 0 Å². The van der Waals surface area contributed by atoms with Crippen LogP contribution in [-0.2, 0) is 6.61 Å². The normalized spacial score (nSPS) is 10.3. The fraction of sp³-hybridized carbons (Fsp3) is 0.0833. The minimum absolute atomic E-state index is 0.362. The average molecular weight is 333 g/mol. The first-order valence-corrected chi connectivity index (χ1v) is 6.39. The third-order valence-corrected chi connectivity index (χ3v) is 3.01. The summed E-state index contributed by atoms with van der Waals surface area (Å²) in [5.41, 5.74) is 0.824. The number of benzene rings is 1. The van der Waals surface area contributed by atoms with E-state index in [0.717, 1.165) is 10.3 Å². The number of hydrogen-bond acceptors (Lipinski definition) is 2. The molecule has 0 N–H and O–H groups in total. The fourth-order valence-corrected chi connectivity index (χ4v) is 2.12. The Hall–Kier alpha value is -0.770. The number of ether oxygens (including phenoxy) is 1. The minimum atomic E-state index is 0.362. The van der Waals surface area contributed by atoms with Gasteiger partial charge in [-0.1, -0.05) is 29.3 Å². The van der Waals surface area contributed by atoms with Gasteiger partial charge in [0, 0.05) is 5.02 Å². The number of nitrogens with zero attached hydrogens (tertiary/aromatic N) is 1. The molecule has 0 saturated carbocycles. The molecule has 0 saturated heterocycles. The lowest BCUT2D eigenvalue weighted by atomic mass is 10.3. The maximum atomic E-state index is 5.99. The number of hydrogen-bond donors (Lipinski definition) is 0. The quantitative estimate of drug-likeness (QED) is 0.758. The van der Waals surface area contributed by atoms with E-state index < -0.39 is 0 Å². The van der Waals surface area contributed by atoms with Crippen molar-refractivity contribution >= 4 is 39.1 Å². The van der Waals surface area contributed by atoms with Crippen LogP contribution in [0.2, 0.25) is 10.0 Å². The van der Waals surface area contributed by atoms with Gasteiger partial charge in [0.2, 0.25) is 0 Å². The lowest BCUT2D eigenvalue weighted by molar-refractivity contribution is 0.301. The van der Waals surface area contributed by atoms with Crippen molar-refractivity contribution in [2.24, 2.45) is 0 Å². The Morgan fingerprint density at radius 2 is 2.00 bits per heavy atom. The van der Waals surface area contributed by atoms with E-state index in [1.807, 2.05) is 18.2 Å². The zero-order valence-electron chi connectivity index (χ0n) is 8.66. The van der Waals surface area contributed by atoms with Gasteiger partial charge in [-0.15, -0.1) is 0 Å². The van der Waals surface area contributed by atoms with Crippen molar-refractivity contribution in [3.05, 3.63) is 56.7 Å². The van der Waals surface area contributed by atoms with Gasteiger partial charge in [-0.2, -0.15) is 0 Å². The van der Waals surface area contributed by atoms with E-state index in [9.17, 15) is 0 Å². The Morgan fingerprint density at radius 3 is 2.71 bits per heavy atom. The van der Waals surface area contributed by atoms with Gasteiger partial charge in [0.1, 0.15) is 17.0 Å². The van der Waals surface area contributed by atoms with Crippen LogP contribution in [0.5, 0.6) is 5.75 Å². The van der Waals surface area contributed by atoms with Gasteiger partial charge >= 0.3 is 0 Å². The smallest absolute Gasteiger partial charge is 0.138 e. The van der Waals surface area contributed by atoms with Crippen LogP contribution < -0.4 is 4.74 Å². The average Bonchev–Trinajstić information content (AvgIpc) is 2.28. The summed E-state index contributed by atoms with van der Waals surface area (Å²) in [6, 6.07) is 10.8. The van der Waals surface area contributed by atoms with Crippen molar-refractivity contribution in [3.63, 3.8) is 0 Å². The molecule has 0 atom stereocenters. The standard InChI is InChI=1S/C12H8BrCl2NO/c13-12-3-1-2-9(16-12)7-17-11-5-4-8(14)6-10(11)15/h1-6H,7H2. The van der Waals surface area contributed by atoms with Gasteiger partial charge in [0.25, 0.3) is 0 Å². The maximum Gasteiger partial charge on any atom is 0.138 e. The van der Waals surface area contributed by atoms with Gasteiger partial charge in [-0.3, -0.25) is 0 Å². The van der Waals surface area contributed by atoms with Crippen LogP contribution in [0.15, 0.2) is 41.0 Å². The number of aromatic nitrogens is 1. The molecule has 0 fully saturated rings. The molecule has 0 radical (unpaired) electrons. The van der Waals surface area contributed by atoms with Gasteiger partial charge in [-0.05, 0) is 46.3 Å². The molecule has 17 heavy (non-hydrogen) atoms. The highest BCUT2D eigenvalue weighted by Crippen LogP contribution is 2.28. The van der Waals surface area contributed by atoms with E-state index in [0.29, 0.717) is 22.4 Å². The first-order valence-electron chi connectivity index (χ1n) is 4.84. The highest BCUT2D eigenvalue weighted by molar-refractivity contribution is 9.10. The minimum Gasteiger partial charge on any atom is -0.486 e. The Bertz CT molecular complexity index is 534. The molecule has 0 bridgehead atoms. The van der Waals surface area contributed by atoms with Crippen LogP contribution in [0.3, 0.4) is 0 Å². The predicted molar refractivity (Wildman–Crippen MR) is 72.7 cm³/mol. The lowest BCUT2D eigenvalue weighted by Gasteiger charge is -2.07. The summed E-state index contributed by atoms with van der Waals surface area (Å²) < 4.78 is 6.34. The molecule has 0 amide bonds. The summed E-state index contributed by atoms with van der Waals surface area (Å²) in [4.78, 5) is 4.26. The van der Waals surface area contributed by atoms with Gasteiger partial charge in [-0.25, -0.2) is 4.98 Å². The van der Waals surface area contributed by atoms with Crippen LogP contribution in [0.1, 0.15) is 5.69 Å². The van der Waals surface area contributed by atoms with Gasteiger partial charge in [0.15, 0.2) is 0 Å². The first-order chi connectivity index (χ1) is 8.15. The molecule has 88 valence electrons. The Labute approximate surface area is 118 Å². The molecule has 2 aromatic rings. The largest absolute Gasteiger partial charge is 0.486 e. The van der Waals surface area contributed by atoms with Crippen LogP contribution in [0, 0.1) is 0 Å². The Morgan fingerprint density at radius 1 is 1.18 bits per heavy atom. The van der Waals surface area contributed by atoms with Gasteiger partial charge in [0.05, 0.1) is 10.7 Å². The Kier molecular flexibility index (Phi) is 4.26. The summed E-state index contributed by atoms with van der Waals surface area (Å²) in [6.45, 7) is 0.362. The molecule has 2 nitrogen and oxygen atoms in total. The van der Waals surface area contributed by atoms with Crippen LogP contribution in [0.25, 0.3) is 0 Å². The topological polar surface area (TPSA) is 22.1 Å². The summed E-state index contributed by atoms with van der Waals surface area (Å²) in [7, 11) is 0. The third-order valence-electron chi connectivity index (χ3n) is 2.04. The molecule has 0 aliphatic rings. The van der Waals surface area contributed by atoms with E-state index in [1.165, 1.54) is 0 Å². The SMILES string of the molecule is Clc1ccc(OCc2cccc(Br)n2)c(Cl)c1. The van der Waals surface area contributed by atoms with Crippen molar-refractivity contribution in [3.8, 4) is 5.75 Å². The van der Waals surface area contributed by atoms with E-state index in [4.69, 9.17) is 27.9 Å². The Balaban J connectivity index is 2.07. The predicted octanol–water partition coefficient (Wildman–Crippen LogP) is 4.73. The van der Waals surface area contributed by atoms with Crippen molar-refractivity contribution in [2.45, 2.75) is 6.61 Å². The third kappa shape index (κ3) is 3.60. The maximum absolute atomic E-state index is 5.99. The van der Waals surface area contributed by atoms with Crippen LogP contribution >= 0.6 is 39.1 Å². The molecule has 0 aliphatic heterocycles. The molecular formula is C12H8BrCl2NO. The molecule has 1 aromatic heterocycles. The van der Waals surface area contributed by atoms with Crippen LogP contribution in [-0.4, -0.2) is 4.98 Å². The van der Waals surface area contributed by atoms with E-state index in [-0.39, 0.29) is 0 Å². The zero-order valence-corrected chi connectivity index (χ0v) is 11.8. The second-order valence-electron chi connectivity index (χ2n) is 3.32. The summed E-state index contributed by atoms with van der Waals surface area (Å²) >= 11 is 15.1. The van der Waals surface area contributed by atoms with Crippen molar-refractivity contribution < 1.29 is 4.74 Å². The van der Waals surface area contributed by atoms with Gasteiger partial charge < -0.3 is 4.74 Å². The van der Waals surface area contributed by atoms with Crippen LogP contribution in [0.4, 0.5) is 0 Å².